The average Bonchev–Trinajstić information content (AvgIpc) is 3.50. The van der Waals surface area contributed by atoms with Gasteiger partial charge in [-0.3, -0.25) is 4.72 Å². The summed E-state index contributed by atoms with van der Waals surface area (Å²) in [6.07, 6.45) is 9.31. The number of hydrogen-bond acceptors (Lipinski definition) is 5. The Morgan fingerprint density at radius 1 is 1.17 bits per heavy atom. The first-order valence-corrected chi connectivity index (χ1v) is 11.9. The van der Waals surface area contributed by atoms with Gasteiger partial charge in [-0.1, -0.05) is 23.5 Å². The van der Waals surface area contributed by atoms with Crippen LogP contribution in [0.4, 0.5) is 5.69 Å². The quantitative estimate of drug-likeness (QED) is 0.522. The van der Waals surface area contributed by atoms with E-state index in [-0.39, 0.29) is 0 Å². The number of halogens is 1. The first kappa shape index (κ1) is 20.0. The molecule has 3 aromatic rings. The number of benzene rings is 1. The lowest BCUT2D eigenvalue weighted by Gasteiger charge is -2.33. The Hall–Kier alpha value is -1.89. The Morgan fingerprint density at radius 3 is 2.70 bits per heavy atom. The summed E-state index contributed by atoms with van der Waals surface area (Å²) < 4.78 is 11.1. The summed E-state index contributed by atoms with van der Waals surface area (Å²) in [5.74, 6) is 0.692. The lowest BCUT2D eigenvalue weighted by molar-refractivity contribution is 0.415. The Labute approximate surface area is 186 Å². The van der Waals surface area contributed by atoms with Crippen LogP contribution in [0.2, 0.25) is 5.02 Å². The molecule has 5 nitrogen and oxygen atoms in total. The van der Waals surface area contributed by atoms with Crippen molar-refractivity contribution >= 4 is 34.9 Å². The van der Waals surface area contributed by atoms with Gasteiger partial charge in [0, 0.05) is 54.1 Å². The molecule has 2 aromatic heterocycles. The fourth-order valence-electron chi connectivity index (χ4n) is 4.02. The number of pyridine rings is 1. The lowest BCUT2D eigenvalue weighted by Crippen LogP contribution is -2.40. The van der Waals surface area contributed by atoms with E-state index in [1.165, 1.54) is 31.4 Å². The zero-order valence-electron chi connectivity index (χ0n) is 17.4. The number of aryl methyl sites for hydroxylation is 1. The van der Waals surface area contributed by atoms with Crippen molar-refractivity contribution in [1.82, 2.24) is 14.1 Å². The van der Waals surface area contributed by atoms with Crippen molar-refractivity contribution in [2.75, 3.05) is 25.1 Å². The lowest BCUT2D eigenvalue weighted by atomic mass is 10.1. The van der Waals surface area contributed by atoms with Gasteiger partial charge in [0.1, 0.15) is 11.4 Å². The van der Waals surface area contributed by atoms with E-state index in [2.05, 4.69) is 45.5 Å². The largest absolute Gasteiger partial charge is 0.495 e. The van der Waals surface area contributed by atoms with Gasteiger partial charge in [-0.2, -0.15) is 0 Å². The van der Waals surface area contributed by atoms with E-state index in [1.54, 1.807) is 7.11 Å². The van der Waals surface area contributed by atoms with Gasteiger partial charge in [-0.25, -0.2) is 4.98 Å². The number of hydrogen-bond donors (Lipinski definition) is 1. The van der Waals surface area contributed by atoms with E-state index < -0.39 is 0 Å². The molecule has 1 aliphatic heterocycles. The maximum atomic E-state index is 6.36. The predicted molar refractivity (Wildman–Crippen MR) is 126 cm³/mol. The van der Waals surface area contributed by atoms with Gasteiger partial charge in [-0.05, 0) is 56.4 Å². The zero-order valence-corrected chi connectivity index (χ0v) is 19.0. The van der Waals surface area contributed by atoms with Crippen LogP contribution in [0.3, 0.4) is 0 Å². The fraction of sp³-hybridized carbons (Fsp3) is 0.435. The van der Waals surface area contributed by atoms with Crippen molar-refractivity contribution in [2.24, 2.45) is 0 Å². The van der Waals surface area contributed by atoms with Crippen molar-refractivity contribution in [3.05, 3.63) is 47.2 Å². The fourth-order valence-corrected chi connectivity index (χ4v) is 5.25. The SMILES string of the molecule is COc1cc(C)c(-c2cn3ccc(N4CCC(NSC5CC5)CC4)cc3n2)cc1Cl. The Bertz CT molecular complexity index is 1060. The highest BCUT2D eigenvalue weighted by molar-refractivity contribution is 7.98. The third-order valence-electron chi connectivity index (χ3n) is 6.00. The Kier molecular flexibility index (Phi) is 5.56. The summed E-state index contributed by atoms with van der Waals surface area (Å²) >= 11 is 8.31. The molecular formula is C23H27ClN4OS. The molecule has 1 saturated heterocycles. The van der Waals surface area contributed by atoms with Crippen LogP contribution in [-0.2, 0) is 0 Å². The number of imidazole rings is 1. The second-order valence-corrected chi connectivity index (χ2v) is 9.82. The molecule has 30 heavy (non-hydrogen) atoms. The molecule has 2 aliphatic rings. The second-order valence-electron chi connectivity index (χ2n) is 8.27. The number of methoxy groups -OCH3 is 1. The normalized spacial score (nSPS) is 17.6. The van der Waals surface area contributed by atoms with Crippen LogP contribution in [-0.4, -0.2) is 40.9 Å². The highest BCUT2D eigenvalue weighted by Gasteiger charge is 2.25. The smallest absolute Gasteiger partial charge is 0.139 e. The zero-order chi connectivity index (χ0) is 20.7. The molecule has 1 N–H and O–H groups in total. The molecule has 0 bridgehead atoms. The van der Waals surface area contributed by atoms with Gasteiger partial charge in [0.2, 0.25) is 0 Å². The van der Waals surface area contributed by atoms with E-state index >= 15 is 0 Å². The van der Waals surface area contributed by atoms with Gasteiger partial charge in [0.05, 0.1) is 17.8 Å². The number of fused-ring (bicyclic) bond motifs is 1. The monoisotopic (exact) mass is 442 g/mol. The van der Waals surface area contributed by atoms with E-state index in [0.29, 0.717) is 16.8 Å². The molecule has 0 radical (unpaired) electrons. The molecule has 0 spiro atoms. The standard InChI is InChI=1S/C23H27ClN4OS/c1-15-11-22(29-2)20(24)13-19(15)21-14-28-10-7-17(12-23(28)25-21)27-8-5-16(6-9-27)26-30-18-3-4-18/h7,10-14,16,18,26H,3-6,8-9H2,1-2H3. The molecule has 2 fully saturated rings. The van der Waals surface area contributed by atoms with Gasteiger partial charge in [0.15, 0.2) is 0 Å². The van der Waals surface area contributed by atoms with E-state index in [1.807, 2.05) is 24.1 Å². The maximum Gasteiger partial charge on any atom is 0.139 e. The highest BCUT2D eigenvalue weighted by Crippen LogP contribution is 2.34. The first-order valence-electron chi connectivity index (χ1n) is 10.6. The van der Waals surface area contributed by atoms with Crippen molar-refractivity contribution in [3.63, 3.8) is 0 Å². The molecule has 1 aromatic carbocycles. The molecule has 1 saturated carbocycles. The van der Waals surface area contributed by atoms with Crippen LogP contribution >= 0.6 is 23.5 Å². The summed E-state index contributed by atoms with van der Waals surface area (Å²) in [6.45, 7) is 4.23. The minimum atomic E-state index is 0.604. The first-order chi connectivity index (χ1) is 14.6. The van der Waals surface area contributed by atoms with Crippen molar-refractivity contribution < 1.29 is 4.74 Å². The molecule has 3 heterocycles. The highest BCUT2D eigenvalue weighted by atomic mass is 35.5. The van der Waals surface area contributed by atoms with Crippen LogP contribution in [0.15, 0.2) is 36.7 Å². The minimum Gasteiger partial charge on any atom is -0.495 e. The van der Waals surface area contributed by atoms with Crippen LogP contribution in [0.5, 0.6) is 5.75 Å². The van der Waals surface area contributed by atoms with E-state index in [9.17, 15) is 0 Å². The van der Waals surface area contributed by atoms with Gasteiger partial charge < -0.3 is 14.0 Å². The summed E-state index contributed by atoms with van der Waals surface area (Å²) in [5.41, 5.74) is 5.26. The number of rotatable bonds is 6. The third-order valence-corrected chi connectivity index (χ3v) is 7.57. The summed E-state index contributed by atoms with van der Waals surface area (Å²) in [7, 11) is 1.64. The number of nitrogens with zero attached hydrogens (tertiary/aromatic N) is 3. The molecule has 158 valence electrons. The number of piperidine rings is 1. The summed E-state index contributed by atoms with van der Waals surface area (Å²) in [4.78, 5) is 7.36. The molecule has 0 unspecified atom stereocenters. The van der Waals surface area contributed by atoms with Crippen LogP contribution in [0.1, 0.15) is 31.2 Å². The van der Waals surface area contributed by atoms with Gasteiger partial charge in [0.25, 0.3) is 0 Å². The maximum absolute atomic E-state index is 6.36. The average molecular weight is 443 g/mol. The van der Waals surface area contributed by atoms with Crippen LogP contribution < -0.4 is 14.4 Å². The molecule has 5 rings (SSSR count). The van der Waals surface area contributed by atoms with Crippen LogP contribution in [0.25, 0.3) is 16.9 Å². The molecule has 1 aliphatic carbocycles. The third kappa shape index (κ3) is 4.13. The van der Waals surface area contributed by atoms with Crippen molar-refractivity contribution in [2.45, 2.75) is 43.9 Å². The van der Waals surface area contributed by atoms with E-state index in [4.69, 9.17) is 21.3 Å². The molecule has 0 amide bonds. The van der Waals surface area contributed by atoms with Gasteiger partial charge in [-0.15, -0.1) is 0 Å². The number of ether oxygens (including phenoxy) is 1. The number of anilines is 1. The predicted octanol–water partition coefficient (Wildman–Crippen LogP) is 5.34. The Morgan fingerprint density at radius 2 is 1.97 bits per heavy atom. The van der Waals surface area contributed by atoms with Gasteiger partial charge >= 0.3 is 0 Å². The van der Waals surface area contributed by atoms with Crippen LogP contribution in [0, 0.1) is 6.92 Å². The van der Waals surface area contributed by atoms with E-state index in [0.717, 1.165) is 40.8 Å². The molecule has 0 atom stereocenters. The molecular weight excluding hydrogens is 416 g/mol. The summed E-state index contributed by atoms with van der Waals surface area (Å²) in [6, 6.07) is 8.93. The summed E-state index contributed by atoms with van der Waals surface area (Å²) in [5, 5.41) is 1.47. The minimum absolute atomic E-state index is 0.604. The number of aromatic nitrogens is 2. The number of nitrogens with one attached hydrogen (secondary N) is 1. The van der Waals surface area contributed by atoms with Crippen molar-refractivity contribution in [1.29, 1.82) is 0 Å². The Balaban J connectivity index is 1.33. The van der Waals surface area contributed by atoms with Crippen molar-refractivity contribution in [3.8, 4) is 17.0 Å². The topological polar surface area (TPSA) is 41.8 Å². The molecule has 7 heteroatoms. The second kappa shape index (κ2) is 8.33.